The summed E-state index contributed by atoms with van der Waals surface area (Å²) in [6.07, 6.45) is 4.36. The molecule has 2 N–H and O–H groups in total. The predicted octanol–water partition coefficient (Wildman–Crippen LogP) is 3.23. The number of fused-ring (bicyclic) bond motifs is 1. The normalized spacial score (nSPS) is 22.3. The molecule has 0 unspecified atom stereocenters. The number of hydrogen-bond acceptors (Lipinski definition) is 4. The van der Waals surface area contributed by atoms with Gasteiger partial charge in [-0.3, -0.25) is 9.55 Å². The number of pyridine rings is 1. The molecule has 186 valence electrons. The highest BCUT2D eigenvalue weighted by atomic mass is 19.2. The van der Waals surface area contributed by atoms with Crippen LogP contribution in [0.15, 0.2) is 41.3 Å². The number of nitrogens with zero attached hydrogens (tertiary/aromatic N) is 4. The molecule has 35 heavy (non-hydrogen) atoms. The second-order valence-electron chi connectivity index (χ2n) is 9.67. The van der Waals surface area contributed by atoms with Gasteiger partial charge in [-0.2, -0.15) is 0 Å². The van der Waals surface area contributed by atoms with Crippen LogP contribution in [0.25, 0.3) is 11.2 Å². The number of urea groups is 1. The van der Waals surface area contributed by atoms with Gasteiger partial charge in [-0.25, -0.2) is 23.4 Å². The Bertz CT molecular complexity index is 1270. The Morgan fingerprint density at radius 1 is 1.09 bits per heavy atom. The maximum atomic E-state index is 14.3. The molecular weight excluding hydrogens is 454 g/mol. The van der Waals surface area contributed by atoms with Crippen LogP contribution in [0.4, 0.5) is 13.6 Å². The summed E-state index contributed by atoms with van der Waals surface area (Å²) >= 11 is 0. The fourth-order valence-electron chi connectivity index (χ4n) is 5.53. The molecule has 2 aromatic heterocycles. The van der Waals surface area contributed by atoms with Gasteiger partial charge in [-0.05, 0) is 62.4 Å². The van der Waals surface area contributed by atoms with Crippen LogP contribution in [-0.4, -0.2) is 69.6 Å². The van der Waals surface area contributed by atoms with Crippen molar-refractivity contribution in [1.29, 1.82) is 0 Å². The zero-order chi connectivity index (χ0) is 24.5. The van der Waals surface area contributed by atoms with Crippen LogP contribution >= 0.6 is 0 Å². The number of likely N-dealkylation sites (N-methyl/N-ethyl adjacent to an activating group) is 1. The monoisotopic (exact) mass is 484 g/mol. The third kappa shape index (κ3) is 4.80. The highest BCUT2D eigenvalue weighted by molar-refractivity contribution is 5.74. The summed E-state index contributed by atoms with van der Waals surface area (Å²) in [5, 5.41) is 3.14. The van der Waals surface area contributed by atoms with E-state index in [1.165, 1.54) is 0 Å². The molecule has 10 heteroatoms. The van der Waals surface area contributed by atoms with Crippen LogP contribution in [-0.2, 0) is 0 Å². The third-order valence-electron chi connectivity index (χ3n) is 7.28. The maximum absolute atomic E-state index is 14.3. The number of benzene rings is 1. The topological polar surface area (TPSA) is 86.3 Å². The van der Waals surface area contributed by atoms with E-state index in [4.69, 9.17) is 0 Å². The fraction of sp³-hybridized carbons (Fsp3) is 0.480. The molecule has 3 aromatic rings. The van der Waals surface area contributed by atoms with Crippen molar-refractivity contribution in [2.75, 3.05) is 33.2 Å². The quantitative estimate of drug-likeness (QED) is 0.598. The van der Waals surface area contributed by atoms with E-state index in [1.807, 2.05) is 19.2 Å². The number of aromatic nitrogens is 3. The summed E-state index contributed by atoms with van der Waals surface area (Å²) in [5.74, 6) is -1.73. The molecule has 0 saturated carbocycles. The minimum Gasteiger partial charge on any atom is -0.334 e. The van der Waals surface area contributed by atoms with Gasteiger partial charge in [0.05, 0.1) is 5.52 Å². The number of H-pyrrole nitrogens is 1. The van der Waals surface area contributed by atoms with Crippen molar-refractivity contribution in [3.05, 3.63) is 64.2 Å². The Kier molecular flexibility index (Phi) is 6.55. The molecule has 2 amide bonds. The second kappa shape index (κ2) is 9.77. The minimum absolute atomic E-state index is 0.00966. The van der Waals surface area contributed by atoms with Gasteiger partial charge in [0.1, 0.15) is 0 Å². The van der Waals surface area contributed by atoms with Crippen molar-refractivity contribution in [2.24, 2.45) is 0 Å². The number of carbonyl (C=O) groups excluding carboxylic acids is 1. The Morgan fingerprint density at radius 3 is 2.69 bits per heavy atom. The lowest BCUT2D eigenvalue weighted by Crippen LogP contribution is -2.50. The van der Waals surface area contributed by atoms with Crippen molar-refractivity contribution in [3.8, 4) is 0 Å². The smallest absolute Gasteiger partial charge is 0.327 e. The Morgan fingerprint density at radius 2 is 1.89 bits per heavy atom. The zero-order valence-corrected chi connectivity index (χ0v) is 19.7. The summed E-state index contributed by atoms with van der Waals surface area (Å²) in [6, 6.07) is 7.83. The molecule has 8 nitrogen and oxygen atoms in total. The Hall–Kier alpha value is -3.27. The Labute approximate surface area is 201 Å². The van der Waals surface area contributed by atoms with Crippen molar-refractivity contribution < 1.29 is 13.6 Å². The molecule has 0 bridgehead atoms. The third-order valence-corrected chi connectivity index (χ3v) is 7.28. The lowest BCUT2D eigenvalue weighted by molar-refractivity contribution is 0.165. The first-order valence-corrected chi connectivity index (χ1v) is 12.1. The summed E-state index contributed by atoms with van der Waals surface area (Å²) in [7, 11) is 1.94. The van der Waals surface area contributed by atoms with E-state index < -0.39 is 11.6 Å². The number of aromatic amines is 1. The van der Waals surface area contributed by atoms with Gasteiger partial charge < -0.3 is 15.1 Å². The maximum Gasteiger partial charge on any atom is 0.327 e. The number of halogens is 2. The molecule has 1 aromatic carbocycles. The number of rotatable bonds is 3. The molecule has 0 spiro atoms. The van der Waals surface area contributed by atoms with Gasteiger partial charge in [0.25, 0.3) is 0 Å². The van der Waals surface area contributed by atoms with Gasteiger partial charge in [-0.15, -0.1) is 0 Å². The minimum atomic E-state index is -0.825. The molecule has 2 aliphatic rings. The van der Waals surface area contributed by atoms with E-state index in [0.29, 0.717) is 63.1 Å². The summed E-state index contributed by atoms with van der Waals surface area (Å²) in [5.41, 5.74) is 1.58. The van der Waals surface area contributed by atoms with Crippen LogP contribution in [0.2, 0.25) is 0 Å². The molecule has 0 aliphatic carbocycles. The van der Waals surface area contributed by atoms with Crippen LogP contribution in [0, 0.1) is 11.6 Å². The van der Waals surface area contributed by atoms with Crippen LogP contribution in [0.5, 0.6) is 0 Å². The average Bonchev–Trinajstić information content (AvgIpc) is 3.07. The fourth-order valence-corrected chi connectivity index (χ4v) is 5.53. The van der Waals surface area contributed by atoms with E-state index in [1.54, 1.807) is 27.8 Å². The molecule has 2 atom stereocenters. The zero-order valence-electron chi connectivity index (χ0n) is 19.7. The number of imidazole rings is 1. The van der Waals surface area contributed by atoms with E-state index in [9.17, 15) is 18.4 Å². The number of hydrogen-bond donors (Lipinski definition) is 2. The molecule has 2 saturated heterocycles. The standard InChI is InChI=1S/C25H30F2N6O2/c1-31-14-16(19-4-2-5-20(26)22(19)27)7-8-17(15-31)29-24(34)32-12-9-18(10-13-32)33-21-6-3-11-28-23(21)30-25(33)35/h2-6,11,16-18H,7-10,12-15H2,1H3,(H,29,34)(H,28,30,35)/t16-,17-/m1/s1. The van der Waals surface area contributed by atoms with Crippen LogP contribution in [0.1, 0.15) is 43.2 Å². The first-order valence-electron chi connectivity index (χ1n) is 12.1. The van der Waals surface area contributed by atoms with Crippen molar-refractivity contribution >= 4 is 17.2 Å². The summed E-state index contributed by atoms with van der Waals surface area (Å²) in [6.45, 7) is 2.35. The van der Waals surface area contributed by atoms with E-state index in [-0.39, 0.29) is 29.7 Å². The lowest BCUT2D eigenvalue weighted by Gasteiger charge is -2.34. The summed E-state index contributed by atoms with van der Waals surface area (Å²) in [4.78, 5) is 36.4. The van der Waals surface area contributed by atoms with Gasteiger partial charge in [0.2, 0.25) is 0 Å². The number of likely N-dealkylation sites (tertiary alicyclic amines) is 2. The van der Waals surface area contributed by atoms with E-state index in [0.717, 1.165) is 11.6 Å². The van der Waals surface area contributed by atoms with Crippen LogP contribution < -0.4 is 11.0 Å². The first kappa shape index (κ1) is 23.5. The predicted molar refractivity (Wildman–Crippen MR) is 128 cm³/mol. The van der Waals surface area contributed by atoms with E-state index >= 15 is 0 Å². The lowest BCUT2D eigenvalue weighted by atomic mass is 9.93. The van der Waals surface area contributed by atoms with Gasteiger partial charge >= 0.3 is 11.7 Å². The van der Waals surface area contributed by atoms with Crippen molar-refractivity contribution in [2.45, 2.75) is 43.7 Å². The van der Waals surface area contributed by atoms with Gasteiger partial charge in [0.15, 0.2) is 17.3 Å². The Balaban J connectivity index is 1.19. The van der Waals surface area contributed by atoms with Crippen molar-refractivity contribution in [3.63, 3.8) is 0 Å². The highest BCUT2D eigenvalue weighted by Crippen LogP contribution is 2.29. The molecular formula is C25H30F2N6O2. The number of nitrogens with one attached hydrogen (secondary N) is 2. The SMILES string of the molecule is CN1C[C@H](NC(=O)N2CCC(n3c(=O)[nH]c4ncccc43)CC2)CC[C@@H](c2cccc(F)c2F)C1. The highest BCUT2D eigenvalue weighted by Gasteiger charge is 2.30. The second-order valence-corrected chi connectivity index (χ2v) is 9.67. The average molecular weight is 485 g/mol. The molecule has 5 rings (SSSR count). The van der Waals surface area contributed by atoms with E-state index in [2.05, 4.69) is 20.2 Å². The molecule has 2 aliphatic heterocycles. The van der Waals surface area contributed by atoms with Crippen molar-refractivity contribution in [1.82, 2.24) is 29.7 Å². The first-order chi connectivity index (χ1) is 16.9. The largest absolute Gasteiger partial charge is 0.334 e. The number of amides is 2. The number of piperidine rings is 1. The summed E-state index contributed by atoms with van der Waals surface area (Å²) < 4.78 is 29.8. The molecule has 0 radical (unpaired) electrons. The molecule has 2 fully saturated rings. The van der Waals surface area contributed by atoms with Gasteiger partial charge in [0, 0.05) is 44.5 Å². The molecule has 4 heterocycles. The number of carbonyl (C=O) groups is 1. The van der Waals surface area contributed by atoms with Crippen LogP contribution in [0.3, 0.4) is 0 Å². The van der Waals surface area contributed by atoms with Gasteiger partial charge in [-0.1, -0.05) is 12.1 Å².